The fourth-order valence-corrected chi connectivity index (χ4v) is 8.03. The van der Waals surface area contributed by atoms with E-state index in [4.69, 9.17) is 14.2 Å². The first-order chi connectivity index (χ1) is 34.0. The molecule has 0 N–H and O–H groups in total. The molecule has 0 aliphatic carbocycles. The van der Waals surface area contributed by atoms with Crippen molar-refractivity contribution in [2.75, 3.05) is 13.2 Å². The lowest BCUT2D eigenvalue weighted by molar-refractivity contribution is -0.167. The summed E-state index contributed by atoms with van der Waals surface area (Å²) in [5.41, 5.74) is 0. The molecule has 0 aliphatic rings. The Morgan fingerprint density at radius 3 is 0.899 bits per heavy atom. The van der Waals surface area contributed by atoms with Crippen molar-refractivity contribution < 1.29 is 28.6 Å². The van der Waals surface area contributed by atoms with Crippen molar-refractivity contribution in [1.29, 1.82) is 0 Å². The van der Waals surface area contributed by atoms with Crippen LogP contribution < -0.4 is 0 Å². The first-order valence-electron chi connectivity index (χ1n) is 29.1. The van der Waals surface area contributed by atoms with Crippen LogP contribution in [-0.2, 0) is 28.6 Å². The molecule has 0 bridgehead atoms. The van der Waals surface area contributed by atoms with Crippen LogP contribution in [0.4, 0.5) is 0 Å². The topological polar surface area (TPSA) is 78.9 Å². The maximum atomic E-state index is 12.8. The summed E-state index contributed by atoms with van der Waals surface area (Å²) in [4.78, 5) is 38.0. The third-order valence-corrected chi connectivity index (χ3v) is 12.4. The standard InChI is InChI=1S/C63H108O6/c1-4-7-10-13-16-19-21-23-25-27-29-30-31-32-33-34-35-37-38-40-42-44-47-50-53-56-62(65)68-59-60(58-67-61(64)55-52-49-46-18-15-12-9-6-3)69-63(66)57-54-51-48-45-43-41-39-36-28-26-24-22-20-17-14-11-8-5-2/h7,10,16,19-20,22-23,25-26,28-30,32-33,60H,4-6,8-9,11-15,17-18,21,24,27,31,34-59H2,1-3H3/b10-7-,19-16-,22-20-,25-23-,28-26-,30-29-,33-32-. The lowest BCUT2D eigenvalue weighted by Gasteiger charge is -2.18. The molecule has 396 valence electrons. The van der Waals surface area contributed by atoms with Gasteiger partial charge in [-0.2, -0.15) is 0 Å². The van der Waals surface area contributed by atoms with Crippen molar-refractivity contribution >= 4 is 17.9 Å². The number of rotatable bonds is 52. The molecule has 0 aliphatic heterocycles. The lowest BCUT2D eigenvalue weighted by atomic mass is 10.1. The maximum Gasteiger partial charge on any atom is 0.306 e. The van der Waals surface area contributed by atoms with E-state index >= 15 is 0 Å². The lowest BCUT2D eigenvalue weighted by Crippen LogP contribution is -2.30. The van der Waals surface area contributed by atoms with E-state index in [0.717, 1.165) is 109 Å². The summed E-state index contributed by atoms with van der Waals surface area (Å²) in [5.74, 6) is -0.893. The number of ether oxygens (including phenoxy) is 3. The number of hydrogen-bond donors (Lipinski definition) is 0. The molecule has 0 aromatic rings. The van der Waals surface area contributed by atoms with Crippen molar-refractivity contribution in [3.63, 3.8) is 0 Å². The summed E-state index contributed by atoms with van der Waals surface area (Å²) in [6.45, 7) is 6.48. The Bertz CT molecular complexity index is 1330. The van der Waals surface area contributed by atoms with Gasteiger partial charge >= 0.3 is 17.9 Å². The van der Waals surface area contributed by atoms with Crippen LogP contribution in [0.25, 0.3) is 0 Å². The highest BCUT2D eigenvalue weighted by molar-refractivity contribution is 5.71. The molecule has 0 aromatic heterocycles. The van der Waals surface area contributed by atoms with E-state index in [2.05, 4.69) is 106 Å². The van der Waals surface area contributed by atoms with Crippen LogP contribution in [0.3, 0.4) is 0 Å². The summed E-state index contributed by atoms with van der Waals surface area (Å²) < 4.78 is 16.8. The van der Waals surface area contributed by atoms with Gasteiger partial charge in [0.1, 0.15) is 13.2 Å². The molecule has 0 heterocycles. The summed E-state index contributed by atoms with van der Waals surface area (Å²) in [5, 5.41) is 0. The second kappa shape index (κ2) is 57.2. The van der Waals surface area contributed by atoms with Gasteiger partial charge in [-0.15, -0.1) is 0 Å². The highest BCUT2D eigenvalue weighted by Crippen LogP contribution is 2.15. The Labute approximate surface area is 426 Å². The van der Waals surface area contributed by atoms with E-state index in [0.29, 0.717) is 19.3 Å². The first-order valence-corrected chi connectivity index (χ1v) is 29.1. The van der Waals surface area contributed by atoms with Crippen molar-refractivity contribution in [3.05, 3.63) is 85.1 Å². The molecule has 0 aromatic carbocycles. The largest absolute Gasteiger partial charge is 0.462 e. The Morgan fingerprint density at radius 1 is 0.304 bits per heavy atom. The number of carbonyl (C=O) groups excluding carboxylic acids is 3. The second-order valence-corrected chi connectivity index (χ2v) is 19.2. The van der Waals surface area contributed by atoms with E-state index in [9.17, 15) is 14.4 Å². The first kappa shape index (κ1) is 65.6. The molecule has 6 heteroatoms. The number of hydrogen-bond acceptors (Lipinski definition) is 6. The van der Waals surface area contributed by atoms with Crippen molar-refractivity contribution in [1.82, 2.24) is 0 Å². The highest BCUT2D eigenvalue weighted by atomic mass is 16.6. The molecular formula is C63H108O6. The minimum absolute atomic E-state index is 0.0801. The smallest absolute Gasteiger partial charge is 0.306 e. The molecule has 1 atom stereocenters. The average molecular weight is 962 g/mol. The van der Waals surface area contributed by atoms with Crippen molar-refractivity contribution in [3.8, 4) is 0 Å². The minimum atomic E-state index is -0.781. The third kappa shape index (κ3) is 55.4. The summed E-state index contributed by atoms with van der Waals surface area (Å²) in [7, 11) is 0. The van der Waals surface area contributed by atoms with Gasteiger partial charge in [-0.05, 0) is 96.3 Å². The third-order valence-electron chi connectivity index (χ3n) is 12.4. The Morgan fingerprint density at radius 2 is 0.565 bits per heavy atom. The monoisotopic (exact) mass is 961 g/mol. The van der Waals surface area contributed by atoms with Crippen molar-refractivity contribution in [2.45, 2.75) is 284 Å². The quantitative estimate of drug-likeness (QED) is 0.0262. The highest BCUT2D eigenvalue weighted by Gasteiger charge is 2.19. The molecule has 6 nitrogen and oxygen atoms in total. The predicted molar refractivity (Wildman–Crippen MR) is 297 cm³/mol. The van der Waals surface area contributed by atoms with Crippen LogP contribution >= 0.6 is 0 Å². The summed E-state index contributed by atoms with van der Waals surface area (Å²) in [6.07, 6.45) is 74.4. The zero-order chi connectivity index (χ0) is 50.0. The maximum absolute atomic E-state index is 12.8. The molecule has 0 spiro atoms. The fraction of sp³-hybridized carbons (Fsp3) is 0.730. The molecule has 1 unspecified atom stereocenters. The Hall–Kier alpha value is -3.41. The van der Waals surface area contributed by atoms with Gasteiger partial charge in [0.2, 0.25) is 0 Å². The van der Waals surface area contributed by atoms with Crippen LogP contribution in [0.2, 0.25) is 0 Å². The molecule has 0 amide bonds. The minimum Gasteiger partial charge on any atom is -0.462 e. The number of carbonyl (C=O) groups is 3. The summed E-state index contributed by atoms with van der Waals surface area (Å²) >= 11 is 0. The van der Waals surface area contributed by atoms with Gasteiger partial charge in [-0.25, -0.2) is 0 Å². The van der Waals surface area contributed by atoms with Gasteiger partial charge in [0.05, 0.1) is 0 Å². The predicted octanol–water partition coefficient (Wildman–Crippen LogP) is 19.5. The van der Waals surface area contributed by atoms with E-state index < -0.39 is 6.10 Å². The van der Waals surface area contributed by atoms with Gasteiger partial charge in [0.15, 0.2) is 6.10 Å². The molecule has 0 radical (unpaired) electrons. The van der Waals surface area contributed by atoms with Crippen LogP contribution in [-0.4, -0.2) is 37.2 Å². The molecule has 69 heavy (non-hydrogen) atoms. The van der Waals surface area contributed by atoms with E-state index in [-0.39, 0.29) is 31.1 Å². The Balaban J connectivity index is 4.24. The van der Waals surface area contributed by atoms with Gasteiger partial charge in [0, 0.05) is 19.3 Å². The number of unbranched alkanes of at least 4 members (excludes halogenated alkanes) is 27. The van der Waals surface area contributed by atoms with Gasteiger partial charge in [-0.1, -0.05) is 247 Å². The molecular weight excluding hydrogens is 853 g/mol. The molecule has 0 fully saturated rings. The SMILES string of the molecule is CC/C=C\C/C=C\C/C=C\C/C=C\C/C=C\CCCCCCCCCCCC(=O)OCC(COC(=O)CCCCCCCCCC)OC(=O)CCCCCCCCC/C=C\C/C=C\CCCCCC. The number of allylic oxidation sites excluding steroid dienone is 14. The van der Waals surface area contributed by atoms with Gasteiger partial charge in [-0.3, -0.25) is 14.4 Å². The van der Waals surface area contributed by atoms with Gasteiger partial charge < -0.3 is 14.2 Å². The van der Waals surface area contributed by atoms with Crippen LogP contribution in [0, 0.1) is 0 Å². The normalized spacial score (nSPS) is 12.7. The Kier molecular flexibility index (Phi) is 54.3. The fourth-order valence-electron chi connectivity index (χ4n) is 8.03. The number of esters is 3. The molecule has 0 rings (SSSR count). The zero-order valence-electron chi connectivity index (χ0n) is 45.3. The second-order valence-electron chi connectivity index (χ2n) is 19.2. The van der Waals surface area contributed by atoms with E-state index in [1.165, 1.54) is 128 Å². The van der Waals surface area contributed by atoms with Crippen LogP contribution in [0.5, 0.6) is 0 Å². The summed E-state index contributed by atoms with van der Waals surface area (Å²) in [6, 6.07) is 0. The van der Waals surface area contributed by atoms with E-state index in [1.54, 1.807) is 0 Å². The average Bonchev–Trinajstić information content (AvgIpc) is 3.35. The zero-order valence-corrected chi connectivity index (χ0v) is 45.3. The molecule has 0 saturated carbocycles. The van der Waals surface area contributed by atoms with Gasteiger partial charge in [0.25, 0.3) is 0 Å². The van der Waals surface area contributed by atoms with E-state index in [1.807, 2.05) is 0 Å². The molecule has 0 saturated heterocycles. The van der Waals surface area contributed by atoms with Crippen LogP contribution in [0.1, 0.15) is 278 Å². The van der Waals surface area contributed by atoms with Crippen LogP contribution in [0.15, 0.2) is 85.1 Å². The van der Waals surface area contributed by atoms with Crippen molar-refractivity contribution in [2.24, 2.45) is 0 Å².